The monoisotopic (exact) mass is 385 g/mol. The summed E-state index contributed by atoms with van der Waals surface area (Å²) in [6.45, 7) is 3.97. The molecule has 0 aliphatic carbocycles. The highest BCUT2D eigenvalue weighted by molar-refractivity contribution is 9.11. The summed E-state index contributed by atoms with van der Waals surface area (Å²) >= 11 is 6.92. The zero-order chi connectivity index (χ0) is 14.0. The lowest BCUT2D eigenvalue weighted by atomic mass is 10.1. The predicted octanol–water partition coefficient (Wildman–Crippen LogP) is 5.83. The number of benzene rings is 2. The van der Waals surface area contributed by atoms with E-state index in [2.05, 4.69) is 37.2 Å². The van der Waals surface area contributed by atoms with Crippen molar-refractivity contribution >= 4 is 37.5 Å². The van der Waals surface area contributed by atoms with Crippen LogP contribution in [0.1, 0.15) is 24.1 Å². The third-order valence-corrected chi connectivity index (χ3v) is 4.53. The summed E-state index contributed by atoms with van der Waals surface area (Å²) in [5.41, 5.74) is 2.75. The molecule has 0 saturated carbocycles. The summed E-state index contributed by atoms with van der Waals surface area (Å²) in [7, 11) is 0. The zero-order valence-electron chi connectivity index (χ0n) is 10.7. The maximum atomic E-state index is 13.8. The van der Waals surface area contributed by atoms with Gasteiger partial charge in [-0.15, -0.1) is 0 Å². The summed E-state index contributed by atoms with van der Waals surface area (Å²) in [4.78, 5) is 0. The summed E-state index contributed by atoms with van der Waals surface area (Å²) < 4.78 is 15.7. The van der Waals surface area contributed by atoms with Crippen LogP contribution in [0.4, 0.5) is 10.1 Å². The molecule has 2 rings (SSSR count). The molecule has 0 aromatic heterocycles. The van der Waals surface area contributed by atoms with Gasteiger partial charge in [-0.05, 0) is 59.6 Å². The van der Waals surface area contributed by atoms with Gasteiger partial charge in [0.15, 0.2) is 0 Å². The second kappa shape index (κ2) is 6.06. The van der Waals surface area contributed by atoms with E-state index in [4.69, 9.17) is 0 Å². The van der Waals surface area contributed by atoms with E-state index < -0.39 is 0 Å². The molecule has 0 amide bonds. The van der Waals surface area contributed by atoms with Gasteiger partial charge in [0.1, 0.15) is 5.82 Å². The summed E-state index contributed by atoms with van der Waals surface area (Å²) in [5, 5.41) is 3.33. The first kappa shape index (κ1) is 14.5. The van der Waals surface area contributed by atoms with Crippen molar-refractivity contribution in [3.05, 3.63) is 62.3 Å². The molecule has 1 unspecified atom stereocenters. The Bertz CT molecular complexity index is 599. The Hall–Kier alpha value is -0.870. The molecule has 0 aliphatic heterocycles. The van der Waals surface area contributed by atoms with Gasteiger partial charge in [0.25, 0.3) is 0 Å². The largest absolute Gasteiger partial charge is 0.377 e. The summed E-state index contributed by atoms with van der Waals surface area (Å²) in [5.74, 6) is -0.202. The van der Waals surface area contributed by atoms with E-state index >= 15 is 0 Å². The molecule has 4 heteroatoms. The van der Waals surface area contributed by atoms with Crippen LogP contribution in [0.15, 0.2) is 45.3 Å². The maximum absolute atomic E-state index is 13.8. The number of nitrogens with one attached hydrogen (secondary N) is 1. The molecule has 0 heterocycles. The Morgan fingerprint density at radius 3 is 2.63 bits per heavy atom. The second-order valence-electron chi connectivity index (χ2n) is 4.47. The Morgan fingerprint density at radius 2 is 1.89 bits per heavy atom. The van der Waals surface area contributed by atoms with E-state index in [-0.39, 0.29) is 11.9 Å². The van der Waals surface area contributed by atoms with Crippen LogP contribution in [0.3, 0.4) is 0 Å². The number of hydrogen-bond acceptors (Lipinski definition) is 1. The van der Waals surface area contributed by atoms with Crippen LogP contribution in [0.5, 0.6) is 0 Å². The second-order valence-corrected chi connectivity index (χ2v) is 6.18. The minimum atomic E-state index is -0.202. The SMILES string of the molecule is Cc1cccc(NC(C)c2cc(Br)ccc2F)c1Br. The first-order valence-corrected chi connectivity index (χ1v) is 7.54. The van der Waals surface area contributed by atoms with Gasteiger partial charge < -0.3 is 5.32 Å². The normalized spacial score (nSPS) is 12.3. The Labute approximate surface area is 129 Å². The van der Waals surface area contributed by atoms with Crippen LogP contribution in [0.2, 0.25) is 0 Å². The van der Waals surface area contributed by atoms with Crippen molar-refractivity contribution in [2.24, 2.45) is 0 Å². The number of aryl methyl sites for hydroxylation is 1. The molecule has 2 aromatic rings. The molecule has 0 bridgehead atoms. The van der Waals surface area contributed by atoms with Gasteiger partial charge in [-0.3, -0.25) is 0 Å². The molecule has 2 aromatic carbocycles. The molecule has 1 nitrogen and oxygen atoms in total. The van der Waals surface area contributed by atoms with Crippen LogP contribution in [0.25, 0.3) is 0 Å². The van der Waals surface area contributed by atoms with Crippen molar-refractivity contribution in [1.82, 2.24) is 0 Å². The van der Waals surface area contributed by atoms with Crippen LogP contribution in [-0.4, -0.2) is 0 Å². The van der Waals surface area contributed by atoms with Crippen LogP contribution < -0.4 is 5.32 Å². The van der Waals surface area contributed by atoms with E-state index in [0.717, 1.165) is 20.2 Å². The van der Waals surface area contributed by atoms with Gasteiger partial charge in [-0.25, -0.2) is 4.39 Å². The highest BCUT2D eigenvalue weighted by Gasteiger charge is 2.13. The van der Waals surface area contributed by atoms with Crippen molar-refractivity contribution in [3.8, 4) is 0 Å². The molecule has 1 atom stereocenters. The fourth-order valence-electron chi connectivity index (χ4n) is 1.92. The lowest BCUT2D eigenvalue weighted by molar-refractivity contribution is 0.600. The highest BCUT2D eigenvalue weighted by atomic mass is 79.9. The van der Waals surface area contributed by atoms with E-state index in [9.17, 15) is 4.39 Å². The Balaban J connectivity index is 2.28. The van der Waals surface area contributed by atoms with E-state index in [0.29, 0.717) is 5.56 Å². The van der Waals surface area contributed by atoms with Crippen molar-refractivity contribution in [2.45, 2.75) is 19.9 Å². The number of hydrogen-bond donors (Lipinski definition) is 1. The topological polar surface area (TPSA) is 12.0 Å². The smallest absolute Gasteiger partial charge is 0.128 e. The van der Waals surface area contributed by atoms with Gasteiger partial charge >= 0.3 is 0 Å². The van der Waals surface area contributed by atoms with Crippen molar-refractivity contribution in [1.29, 1.82) is 0 Å². The third-order valence-electron chi connectivity index (χ3n) is 2.99. The molecule has 19 heavy (non-hydrogen) atoms. The molecule has 0 spiro atoms. The number of halogens is 3. The first-order chi connectivity index (χ1) is 8.99. The maximum Gasteiger partial charge on any atom is 0.128 e. The Kier molecular flexibility index (Phi) is 4.63. The predicted molar refractivity (Wildman–Crippen MR) is 85.0 cm³/mol. The van der Waals surface area contributed by atoms with Crippen molar-refractivity contribution in [3.63, 3.8) is 0 Å². The first-order valence-electron chi connectivity index (χ1n) is 5.95. The van der Waals surface area contributed by atoms with Crippen molar-refractivity contribution < 1.29 is 4.39 Å². The molecule has 0 aliphatic rings. The van der Waals surface area contributed by atoms with Crippen LogP contribution in [0, 0.1) is 12.7 Å². The fraction of sp³-hybridized carbons (Fsp3) is 0.200. The van der Waals surface area contributed by atoms with Crippen LogP contribution >= 0.6 is 31.9 Å². The average molecular weight is 387 g/mol. The number of anilines is 1. The molecule has 100 valence electrons. The minimum Gasteiger partial charge on any atom is -0.377 e. The molecule has 0 radical (unpaired) electrons. The highest BCUT2D eigenvalue weighted by Crippen LogP contribution is 2.30. The van der Waals surface area contributed by atoms with Crippen molar-refractivity contribution in [2.75, 3.05) is 5.32 Å². The molecule has 0 fully saturated rings. The molecule has 1 N–H and O–H groups in total. The quantitative estimate of drug-likeness (QED) is 0.699. The fourth-order valence-corrected chi connectivity index (χ4v) is 2.67. The van der Waals surface area contributed by atoms with E-state index in [1.165, 1.54) is 6.07 Å². The van der Waals surface area contributed by atoms with E-state index in [1.54, 1.807) is 12.1 Å². The van der Waals surface area contributed by atoms with Gasteiger partial charge in [0.05, 0.1) is 6.04 Å². The Morgan fingerprint density at radius 1 is 1.16 bits per heavy atom. The average Bonchev–Trinajstić information content (AvgIpc) is 2.38. The third kappa shape index (κ3) is 3.37. The van der Waals surface area contributed by atoms with Gasteiger partial charge in [0.2, 0.25) is 0 Å². The zero-order valence-corrected chi connectivity index (χ0v) is 13.8. The lowest BCUT2D eigenvalue weighted by Gasteiger charge is -2.18. The lowest BCUT2D eigenvalue weighted by Crippen LogP contribution is -2.09. The van der Waals surface area contributed by atoms with Gasteiger partial charge in [-0.1, -0.05) is 28.1 Å². The molecular formula is C15H14Br2FN. The van der Waals surface area contributed by atoms with Crippen LogP contribution in [-0.2, 0) is 0 Å². The number of rotatable bonds is 3. The van der Waals surface area contributed by atoms with Gasteiger partial charge in [-0.2, -0.15) is 0 Å². The summed E-state index contributed by atoms with van der Waals surface area (Å²) in [6.07, 6.45) is 0. The molecular weight excluding hydrogens is 373 g/mol. The standard InChI is InChI=1S/C15H14Br2FN/c1-9-4-3-5-14(15(9)17)19-10(2)12-8-11(16)6-7-13(12)18/h3-8,10,19H,1-2H3. The van der Waals surface area contributed by atoms with Gasteiger partial charge in [0, 0.05) is 20.2 Å². The summed E-state index contributed by atoms with van der Waals surface area (Å²) in [6, 6.07) is 10.8. The van der Waals surface area contributed by atoms with E-state index in [1.807, 2.05) is 32.0 Å². The minimum absolute atomic E-state index is 0.115. The molecule has 0 saturated heterocycles.